The smallest absolute Gasteiger partial charge is 0.156 e. The van der Waals surface area contributed by atoms with E-state index in [-0.39, 0.29) is 0 Å². The highest BCUT2D eigenvalue weighted by molar-refractivity contribution is 8.13. The third-order valence-corrected chi connectivity index (χ3v) is 5.50. The van der Waals surface area contributed by atoms with Crippen LogP contribution in [0, 0.1) is 10.8 Å². The van der Waals surface area contributed by atoms with Gasteiger partial charge >= 0.3 is 0 Å². The molecule has 0 aromatic heterocycles. The third kappa shape index (κ3) is 3.40. The van der Waals surface area contributed by atoms with E-state index >= 15 is 0 Å². The topological polar surface area (TPSA) is 24.4 Å². The van der Waals surface area contributed by atoms with Crippen molar-refractivity contribution in [3.63, 3.8) is 0 Å². The van der Waals surface area contributed by atoms with Crippen LogP contribution in [-0.4, -0.2) is 23.5 Å². The van der Waals surface area contributed by atoms with Crippen molar-refractivity contribution in [2.75, 3.05) is 12.3 Å². The molecule has 1 saturated carbocycles. The van der Waals surface area contributed by atoms with Gasteiger partial charge in [-0.15, -0.1) is 0 Å². The molecule has 98 valence electrons. The van der Waals surface area contributed by atoms with E-state index in [0.717, 1.165) is 6.54 Å². The second-order valence-electron chi connectivity index (χ2n) is 7.01. The predicted octanol–water partition coefficient (Wildman–Crippen LogP) is 3.67. The molecule has 0 amide bonds. The molecule has 0 radical (unpaired) electrons. The van der Waals surface area contributed by atoms with Crippen molar-refractivity contribution in [3.05, 3.63) is 0 Å². The van der Waals surface area contributed by atoms with Crippen molar-refractivity contribution < 1.29 is 0 Å². The normalized spacial score (nSPS) is 31.8. The van der Waals surface area contributed by atoms with Gasteiger partial charge < -0.3 is 5.32 Å². The van der Waals surface area contributed by atoms with Crippen LogP contribution in [0.2, 0.25) is 0 Å². The van der Waals surface area contributed by atoms with Crippen LogP contribution in [0.3, 0.4) is 0 Å². The molecule has 0 aromatic carbocycles. The summed E-state index contributed by atoms with van der Waals surface area (Å²) in [5, 5.41) is 4.88. The quantitative estimate of drug-likeness (QED) is 0.772. The number of aliphatic imine (C=N–C) groups is 1. The molecule has 0 saturated heterocycles. The van der Waals surface area contributed by atoms with E-state index < -0.39 is 0 Å². The third-order valence-electron chi connectivity index (χ3n) is 4.06. The first-order chi connectivity index (χ1) is 7.89. The Kier molecular flexibility index (Phi) is 3.77. The molecule has 1 aliphatic carbocycles. The molecule has 1 heterocycles. The number of amidine groups is 1. The van der Waals surface area contributed by atoms with E-state index in [1.165, 1.54) is 36.6 Å². The minimum atomic E-state index is 0.373. The Morgan fingerprint density at radius 1 is 1.24 bits per heavy atom. The van der Waals surface area contributed by atoms with Crippen LogP contribution in [0.1, 0.15) is 53.4 Å². The van der Waals surface area contributed by atoms with Gasteiger partial charge in [-0.05, 0) is 23.7 Å². The van der Waals surface area contributed by atoms with Crippen molar-refractivity contribution in [1.29, 1.82) is 0 Å². The predicted molar refractivity (Wildman–Crippen MR) is 77.7 cm³/mol. The monoisotopic (exact) mass is 254 g/mol. The lowest BCUT2D eigenvalue weighted by atomic mass is 9.73. The molecule has 2 aliphatic rings. The maximum absolute atomic E-state index is 4.71. The Morgan fingerprint density at radius 2 is 2.00 bits per heavy atom. The fourth-order valence-corrected chi connectivity index (χ4v) is 3.64. The van der Waals surface area contributed by atoms with Gasteiger partial charge in [0.05, 0.1) is 0 Å². The highest BCUT2D eigenvalue weighted by atomic mass is 32.2. The van der Waals surface area contributed by atoms with Crippen LogP contribution in [0.25, 0.3) is 0 Å². The van der Waals surface area contributed by atoms with Gasteiger partial charge in [-0.1, -0.05) is 52.3 Å². The molecule has 0 aromatic rings. The molecule has 0 spiro atoms. The summed E-state index contributed by atoms with van der Waals surface area (Å²) in [5.74, 6) is 1.19. The molecular formula is C14H26N2S. The lowest BCUT2D eigenvalue weighted by Crippen LogP contribution is -2.47. The van der Waals surface area contributed by atoms with Crippen LogP contribution in [0.15, 0.2) is 4.99 Å². The second-order valence-corrected chi connectivity index (χ2v) is 7.97. The Labute approximate surface area is 110 Å². The zero-order valence-electron chi connectivity index (χ0n) is 11.7. The van der Waals surface area contributed by atoms with Gasteiger partial charge in [-0.25, -0.2) is 0 Å². The number of hydrogen-bond donors (Lipinski definition) is 1. The maximum atomic E-state index is 4.71. The van der Waals surface area contributed by atoms with E-state index in [2.05, 4.69) is 33.0 Å². The Hall–Kier alpha value is -0.180. The summed E-state index contributed by atoms with van der Waals surface area (Å²) in [7, 11) is 0. The van der Waals surface area contributed by atoms with E-state index in [0.29, 0.717) is 16.9 Å². The molecule has 17 heavy (non-hydrogen) atoms. The summed E-state index contributed by atoms with van der Waals surface area (Å²) in [6, 6.07) is 0.615. The van der Waals surface area contributed by atoms with Gasteiger partial charge in [-0.2, -0.15) is 0 Å². The fraction of sp³-hybridized carbons (Fsp3) is 0.929. The van der Waals surface area contributed by atoms with Crippen molar-refractivity contribution in [2.24, 2.45) is 15.8 Å². The van der Waals surface area contributed by atoms with Crippen LogP contribution in [0.5, 0.6) is 0 Å². The molecule has 1 N–H and O–H groups in total. The van der Waals surface area contributed by atoms with Gasteiger partial charge in [0.25, 0.3) is 0 Å². The summed E-state index contributed by atoms with van der Waals surface area (Å²) < 4.78 is 0. The van der Waals surface area contributed by atoms with Crippen LogP contribution < -0.4 is 5.32 Å². The first-order valence-corrected chi connectivity index (χ1v) is 7.81. The summed E-state index contributed by atoms with van der Waals surface area (Å²) in [6.07, 6.45) is 5.40. The molecule has 3 heteroatoms. The van der Waals surface area contributed by atoms with Crippen LogP contribution in [-0.2, 0) is 0 Å². The van der Waals surface area contributed by atoms with Gasteiger partial charge in [-0.3, -0.25) is 4.99 Å². The average molecular weight is 254 g/mol. The molecular weight excluding hydrogens is 228 g/mol. The van der Waals surface area contributed by atoms with Gasteiger partial charge in [0.15, 0.2) is 5.17 Å². The van der Waals surface area contributed by atoms with Crippen molar-refractivity contribution in [2.45, 2.75) is 59.4 Å². The Morgan fingerprint density at radius 3 is 2.59 bits per heavy atom. The Balaban J connectivity index is 1.95. The largest absolute Gasteiger partial charge is 0.362 e. The summed E-state index contributed by atoms with van der Waals surface area (Å²) in [4.78, 5) is 4.71. The molecule has 2 rings (SSSR count). The molecule has 1 aliphatic heterocycles. The van der Waals surface area contributed by atoms with Gasteiger partial charge in [0.2, 0.25) is 0 Å². The highest BCUT2D eigenvalue weighted by Crippen LogP contribution is 2.36. The van der Waals surface area contributed by atoms with Crippen molar-refractivity contribution in [1.82, 2.24) is 5.32 Å². The first kappa shape index (κ1) is 13.3. The highest BCUT2D eigenvalue weighted by Gasteiger charge is 2.33. The van der Waals surface area contributed by atoms with Crippen molar-refractivity contribution in [3.8, 4) is 0 Å². The first-order valence-electron chi connectivity index (χ1n) is 6.83. The lowest BCUT2D eigenvalue weighted by Gasteiger charge is -2.40. The van der Waals surface area contributed by atoms with Crippen LogP contribution >= 0.6 is 11.8 Å². The summed E-state index contributed by atoms with van der Waals surface area (Å²) in [5.41, 5.74) is 0.798. The summed E-state index contributed by atoms with van der Waals surface area (Å²) >= 11 is 1.90. The molecule has 0 bridgehead atoms. The number of rotatable bonds is 1. The fourth-order valence-electron chi connectivity index (χ4n) is 2.64. The van der Waals surface area contributed by atoms with E-state index in [9.17, 15) is 0 Å². The standard InChI is InChI=1S/C14H26N2S/c1-13(2)9-15-12(17-10-13)16-11-7-5-6-8-14(11,3)4/h11H,5-10H2,1-4H3,(H,15,16). The number of thioether (sulfide) groups is 1. The van der Waals surface area contributed by atoms with E-state index in [4.69, 9.17) is 4.99 Å². The molecule has 2 nitrogen and oxygen atoms in total. The molecule has 1 atom stereocenters. The van der Waals surface area contributed by atoms with E-state index in [1.54, 1.807) is 0 Å². The van der Waals surface area contributed by atoms with Crippen molar-refractivity contribution >= 4 is 16.9 Å². The zero-order valence-corrected chi connectivity index (χ0v) is 12.5. The minimum absolute atomic E-state index is 0.373. The minimum Gasteiger partial charge on any atom is -0.362 e. The van der Waals surface area contributed by atoms with Crippen LogP contribution in [0.4, 0.5) is 0 Å². The number of nitrogens with zero attached hydrogens (tertiary/aromatic N) is 1. The molecule has 1 unspecified atom stereocenters. The lowest BCUT2D eigenvalue weighted by molar-refractivity contribution is 0.186. The van der Waals surface area contributed by atoms with Gasteiger partial charge in [0.1, 0.15) is 0 Å². The van der Waals surface area contributed by atoms with Gasteiger partial charge in [0, 0.05) is 18.3 Å². The Bertz CT molecular complexity index is 307. The zero-order chi connectivity index (χ0) is 12.5. The SMILES string of the molecule is CC1(C)CN=C(NC2CCCCC2(C)C)SC1. The average Bonchev–Trinajstić information content (AvgIpc) is 2.24. The maximum Gasteiger partial charge on any atom is 0.156 e. The molecule has 1 fully saturated rings. The summed E-state index contributed by atoms with van der Waals surface area (Å²) in [6.45, 7) is 10.3. The number of hydrogen-bond acceptors (Lipinski definition) is 3. The van der Waals surface area contributed by atoms with E-state index in [1.807, 2.05) is 11.8 Å². The number of nitrogens with one attached hydrogen (secondary N) is 1. The second kappa shape index (κ2) is 4.83.